The van der Waals surface area contributed by atoms with E-state index >= 15 is 0 Å². The van der Waals surface area contributed by atoms with Crippen LogP contribution in [0.25, 0.3) is 10.9 Å². The van der Waals surface area contributed by atoms with Crippen molar-refractivity contribution in [1.82, 2.24) is 14.5 Å². The zero-order chi connectivity index (χ0) is 23.8. The van der Waals surface area contributed by atoms with Crippen molar-refractivity contribution in [3.8, 4) is 0 Å². The molecule has 7 heteroatoms. The Morgan fingerprint density at radius 3 is 2.35 bits per heavy atom. The summed E-state index contributed by atoms with van der Waals surface area (Å²) in [7, 11) is 0. The molecule has 7 nitrogen and oxygen atoms in total. The van der Waals surface area contributed by atoms with E-state index in [1.54, 1.807) is 15.5 Å². The Balaban J connectivity index is 1.43. The van der Waals surface area contributed by atoms with Crippen molar-refractivity contribution in [1.29, 1.82) is 0 Å². The van der Waals surface area contributed by atoms with Crippen LogP contribution >= 0.6 is 0 Å². The van der Waals surface area contributed by atoms with Crippen molar-refractivity contribution in [2.75, 3.05) is 42.5 Å². The number of carbonyl (C=O) groups excluding carboxylic acids is 1. The average Bonchev–Trinajstić information content (AvgIpc) is 3.10. The van der Waals surface area contributed by atoms with E-state index in [9.17, 15) is 9.59 Å². The average molecular weight is 460 g/mol. The predicted octanol–water partition coefficient (Wildman–Crippen LogP) is 3.67. The number of piperazine rings is 1. The first-order valence-electron chi connectivity index (χ1n) is 12.3. The van der Waals surface area contributed by atoms with Crippen LogP contribution < -0.4 is 15.4 Å². The quantitative estimate of drug-likeness (QED) is 0.563. The number of rotatable bonds is 6. The minimum Gasteiger partial charge on any atom is -0.369 e. The van der Waals surface area contributed by atoms with Gasteiger partial charge in [0.2, 0.25) is 5.95 Å². The van der Waals surface area contributed by atoms with Gasteiger partial charge in [0.15, 0.2) is 0 Å². The zero-order valence-corrected chi connectivity index (χ0v) is 20.3. The van der Waals surface area contributed by atoms with Gasteiger partial charge in [-0.3, -0.25) is 19.1 Å². The molecule has 1 fully saturated rings. The van der Waals surface area contributed by atoms with Gasteiger partial charge < -0.3 is 9.80 Å². The van der Waals surface area contributed by atoms with Gasteiger partial charge in [0.25, 0.3) is 11.5 Å². The number of benzene rings is 2. The number of amides is 1. The number of hydrogen-bond donors (Lipinski definition) is 0. The maximum Gasteiger partial charge on any atom is 0.263 e. The van der Waals surface area contributed by atoms with Crippen LogP contribution in [-0.4, -0.2) is 53.1 Å². The minimum atomic E-state index is -0.506. The van der Waals surface area contributed by atoms with Gasteiger partial charge in [-0.25, -0.2) is 4.98 Å². The van der Waals surface area contributed by atoms with E-state index in [1.165, 1.54) is 5.69 Å². The minimum absolute atomic E-state index is 0.0478. The first kappa shape index (κ1) is 22.6. The number of fused-ring (bicyclic) bond motifs is 2. The van der Waals surface area contributed by atoms with E-state index in [1.807, 2.05) is 18.2 Å². The Kier molecular flexibility index (Phi) is 6.13. The number of anilines is 2. The van der Waals surface area contributed by atoms with Crippen molar-refractivity contribution in [3.05, 3.63) is 64.4 Å². The summed E-state index contributed by atoms with van der Waals surface area (Å²) in [6, 6.07) is 15.3. The molecule has 1 atom stereocenters. The third-order valence-electron chi connectivity index (χ3n) is 7.05. The smallest absolute Gasteiger partial charge is 0.263 e. The Labute approximate surface area is 200 Å². The summed E-state index contributed by atoms with van der Waals surface area (Å²) in [6.07, 6.45) is 0.616. The third kappa shape index (κ3) is 4.09. The molecule has 3 heterocycles. The number of para-hydroxylation sites is 1. The first-order chi connectivity index (χ1) is 16.5. The van der Waals surface area contributed by atoms with Gasteiger partial charge in [-0.15, -0.1) is 0 Å². The lowest BCUT2D eigenvalue weighted by molar-refractivity contribution is -0.120. The molecule has 0 saturated carbocycles. The Hall–Kier alpha value is -3.19. The van der Waals surface area contributed by atoms with Gasteiger partial charge in [0.1, 0.15) is 6.04 Å². The van der Waals surface area contributed by atoms with E-state index in [4.69, 9.17) is 4.98 Å². The number of aromatic nitrogens is 2. The predicted molar refractivity (Wildman–Crippen MR) is 136 cm³/mol. The Morgan fingerprint density at radius 2 is 1.68 bits per heavy atom. The molecule has 178 valence electrons. The van der Waals surface area contributed by atoms with E-state index in [0.717, 1.165) is 38.3 Å². The van der Waals surface area contributed by atoms with E-state index in [0.29, 0.717) is 29.8 Å². The van der Waals surface area contributed by atoms with Crippen LogP contribution in [0, 0.1) is 5.92 Å². The molecule has 0 spiro atoms. The highest BCUT2D eigenvalue weighted by molar-refractivity contribution is 5.99. The molecule has 1 amide bonds. The molecule has 1 unspecified atom stereocenters. The van der Waals surface area contributed by atoms with Gasteiger partial charge in [-0.2, -0.15) is 0 Å². The van der Waals surface area contributed by atoms with Gasteiger partial charge in [0, 0.05) is 31.9 Å². The molecule has 2 aliphatic rings. The number of carbonyl (C=O) groups is 1. The summed E-state index contributed by atoms with van der Waals surface area (Å²) >= 11 is 0. The molecular formula is C27H33N5O2. The molecule has 3 aromatic rings. The molecule has 0 radical (unpaired) electrons. The second kappa shape index (κ2) is 9.22. The fraction of sp³-hybridized carbons (Fsp3) is 0.444. The molecule has 0 N–H and O–H groups in total. The van der Waals surface area contributed by atoms with Crippen LogP contribution in [0.5, 0.6) is 0 Å². The Bertz CT molecular complexity index is 1240. The van der Waals surface area contributed by atoms with E-state index in [-0.39, 0.29) is 17.4 Å². The number of likely N-dealkylation sites (N-methyl/N-ethyl adjacent to an activating group) is 1. The highest BCUT2D eigenvalue weighted by Crippen LogP contribution is 2.33. The van der Waals surface area contributed by atoms with Crippen LogP contribution in [0.2, 0.25) is 0 Å². The normalized spacial score (nSPS) is 18.8. The SMILES string of the molecule is CCN1CCN(c2ccc(CN3C(=O)C(CC(C)C)n4c3nc3ccccc3c4=O)cc2)CC1. The largest absolute Gasteiger partial charge is 0.369 e. The second-order valence-corrected chi connectivity index (χ2v) is 9.76. The summed E-state index contributed by atoms with van der Waals surface area (Å²) in [5, 5.41) is 0.558. The standard InChI is InChI=1S/C27H33N5O2/c1-4-29-13-15-30(16-14-29)21-11-9-20(10-12-21)18-31-26(34)24(17-19(2)3)32-25(33)22-7-5-6-8-23(22)28-27(31)32/h5-12,19,24H,4,13-18H2,1-3H3. The summed E-state index contributed by atoms with van der Waals surface area (Å²) in [5.74, 6) is 0.695. The molecule has 0 aliphatic carbocycles. The molecule has 2 aromatic carbocycles. The topological polar surface area (TPSA) is 61.7 Å². The lowest BCUT2D eigenvalue weighted by Gasteiger charge is -2.35. The van der Waals surface area contributed by atoms with Crippen molar-refractivity contribution in [2.45, 2.75) is 39.8 Å². The van der Waals surface area contributed by atoms with Gasteiger partial charge in [0.05, 0.1) is 17.4 Å². The fourth-order valence-electron chi connectivity index (χ4n) is 5.11. The zero-order valence-electron chi connectivity index (χ0n) is 20.3. The maximum atomic E-state index is 13.5. The summed E-state index contributed by atoms with van der Waals surface area (Å²) < 4.78 is 1.62. The molecule has 2 aliphatic heterocycles. The fourth-order valence-corrected chi connectivity index (χ4v) is 5.11. The highest BCUT2D eigenvalue weighted by atomic mass is 16.2. The van der Waals surface area contributed by atoms with Crippen LogP contribution in [0.3, 0.4) is 0 Å². The van der Waals surface area contributed by atoms with Crippen molar-refractivity contribution >= 4 is 28.4 Å². The monoisotopic (exact) mass is 459 g/mol. The molecular weight excluding hydrogens is 426 g/mol. The van der Waals surface area contributed by atoms with Crippen molar-refractivity contribution in [3.63, 3.8) is 0 Å². The Morgan fingerprint density at radius 1 is 0.971 bits per heavy atom. The molecule has 34 heavy (non-hydrogen) atoms. The lowest BCUT2D eigenvalue weighted by atomic mass is 10.0. The number of hydrogen-bond acceptors (Lipinski definition) is 5. The highest BCUT2D eigenvalue weighted by Gasteiger charge is 2.39. The van der Waals surface area contributed by atoms with Crippen LogP contribution in [0.1, 0.15) is 38.8 Å². The summed E-state index contributed by atoms with van der Waals surface area (Å²) in [4.78, 5) is 38.2. The third-order valence-corrected chi connectivity index (χ3v) is 7.05. The molecule has 1 saturated heterocycles. The van der Waals surface area contributed by atoms with Crippen molar-refractivity contribution in [2.24, 2.45) is 5.92 Å². The van der Waals surface area contributed by atoms with Crippen LogP contribution in [0.15, 0.2) is 53.3 Å². The first-order valence-corrected chi connectivity index (χ1v) is 12.3. The lowest BCUT2D eigenvalue weighted by Crippen LogP contribution is -2.46. The maximum absolute atomic E-state index is 13.5. The van der Waals surface area contributed by atoms with Gasteiger partial charge in [-0.1, -0.05) is 45.0 Å². The van der Waals surface area contributed by atoms with Crippen LogP contribution in [0.4, 0.5) is 11.6 Å². The van der Waals surface area contributed by atoms with E-state index in [2.05, 4.69) is 54.8 Å². The van der Waals surface area contributed by atoms with E-state index < -0.39 is 6.04 Å². The number of nitrogens with zero attached hydrogens (tertiary/aromatic N) is 5. The molecule has 5 rings (SSSR count). The summed E-state index contributed by atoms with van der Waals surface area (Å²) in [6.45, 7) is 12.1. The van der Waals surface area contributed by atoms with Crippen LogP contribution in [-0.2, 0) is 11.3 Å². The molecule has 0 bridgehead atoms. The molecule has 1 aromatic heterocycles. The van der Waals surface area contributed by atoms with Crippen molar-refractivity contribution < 1.29 is 4.79 Å². The summed E-state index contributed by atoms with van der Waals surface area (Å²) in [5.41, 5.74) is 2.74. The van der Waals surface area contributed by atoms with Gasteiger partial charge >= 0.3 is 0 Å². The second-order valence-electron chi connectivity index (χ2n) is 9.76. The van der Waals surface area contributed by atoms with Gasteiger partial charge in [-0.05, 0) is 48.7 Å².